The van der Waals surface area contributed by atoms with E-state index < -0.39 is 4.92 Å². The average molecular weight is 329 g/mol. The summed E-state index contributed by atoms with van der Waals surface area (Å²) in [6.07, 6.45) is 2.08. The van der Waals surface area contributed by atoms with Gasteiger partial charge in [-0.3, -0.25) is 14.9 Å². The number of nitro groups is 1. The van der Waals surface area contributed by atoms with Crippen LogP contribution in [0.25, 0.3) is 0 Å². The molecule has 3 rings (SSSR count). The minimum absolute atomic E-state index is 0.00117. The molecule has 0 aliphatic carbocycles. The van der Waals surface area contributed by atoms with Crippen LogP contribution in [0.3, 0.4) is 0 Å². The Morgan fingerprint density at radius 3 is 2.92 bits per heavy atom. The molecule has 1 aromatic heterocycles. The molecule has 126 valence electrons. The molecular weight excluding hydrogens is 310 g/mol. The highest BCUT2D eigenvalue weighted by Crippen LogP contribution is 2.25. The van der Waals surface area contributed by atoms with Crippen LogP contribution in [0.5, 0.6) is 0 Å². The van der Waals surface area contributed by atoms with E-state index in [1.807, 2.05) is 29.9 Å². The van der Waals surface area contributed by atoms with E-state index in [4.69, 9.17) is 4.74 Å². The van der Waals surface area contributed by atoms with E-state index in [0.717, 1.165) is 5.69 Å². The number of rotatable bonds is 4. The summed E-state index contributed by atoms with van der Waals surface area (Å²) < 4.78 is 7.52. The predicted octanol–water partition coefficient (Wildman–Crippen LogP) is 2.08. The fourth-order valence-corrected chi connectivity index (χ4v) is 3.02. The molecule has 1 atom stereocenters. The lowest BCUT2D eigenvalue weighted by atomic mass is 10.1. The lowest BCUT2D eigenvalue weighted by molar-refractivity contribution is -0.384. The van der Waals surface area contributed by atoms with Gasteiger partial charge in [0.05, 0.1) is 30.6 Å². The summed E-state index contributed by atoms with van der Waals surface area (Å²) in [5.74, 6) is -0.0509. The fourth-order valence-electron chi connectivity index (χ4n) is 3.02. The van der Waals surface area contributed by atoms with Gasteiger partial charge >= 0.3 is 0 Å². The number of benzene rings is 1. The molecule has 0 N–H and O–H groups in total. The van der Waals surface area contributed by atoms with Gasteiger partial charge in [0, 0.05) is 37.6 Å². The number of carbonyl (C=O) groups excluding carboxylic acids is 1. The van der Waals surface area contributed by atoms with Crippen molar-refractivity contribution in [3.63, 3.8) is 0 Å². The second-order valence-corrected chi connectivity index (χ2v) is 5.83. The maximum absolute atomic E-state index is 12.8. The number of hydrogen-bond acceptors (Lipinski definition) is 4. The number of aromatic nitrogens is 1. The molecule has 24 heavy (non-hydrogen) atoms. The van der Waals surface area contributed by atoms with Crippen molar-refractivity contribution in [1.29, 1.82) is 0 Å². The molecule has 0 bridgehead atoms. The summed E-state index contributed by atoms with van der Waals surface area (Å²) in [5.41, 5.74) is 1.66. The molecule has 0 spiro atoms. The zero-order chi connectivity index (χ0) is 17.1. The molecule has 1 aliphatic heterocycles. The Morgan fingerprint density at radius 2 is 2.21 bits per heavy atom. The third-order valence-corrected chi connectivity index (χ3v) is 4.25. The molecule has 1 aromatic carbocycles. The van der Waals surface area contributed by atoms with Gasteiger partial charge in [0.15, 0.2) is 0 Å². The van der Waals surface area contributed by atoms with Gasteiger partial charge in [-0.2, -0.15) is 0 Å². The maximum atomic E-state index is 12.8. The monoisotopic (exact) mass is 329 g/mol. The van der Waals surface area contributed by atoms with Crippen molar-refractivity contribution >= 4 is 11.6 Å². The van der Waals surface area contributed by atoms with E-state index >= 15 is 0 Å². The third kappa shape index (κ3) is 3.30. The van der Waals surface area contributed by atoms with E-state index in [0.29, 0.717) is 25.3 Å². The molecule has 1 unspecified atom stereocenters. The standard InChI is InChI=1S/C17H19N3O4/c1-18-7-3-6-15(18)16-12-24-9-8-19(16)17(21)11-13-4-2-5-14(10-13)20(22)23/h2-7,10,16H,8-9,11-12H2,1H3. The van der Waals surface area contributed by atoms with Crippen molar-refractivity contribution in [2.24, 2.45) is 7.05 Å². The minimum Gasteiger partial charge on any atom is -0.377 e. The zero-order valence-electron chi connectivity index (χ0n) is 13.4. The predicted molar refractivity (Wildman–Crippen MR) is 87.5 cm³/mol. The minimum atomic E-state index is -0.449. The Kier molecular flexibility index (Phi) is 4.61. The zero-order valence-corrected chi connectivity index (χ0v) is 13.4. The summed E-state index contributed by atoms with van der Waals surface area (Å²) in [7, 11) is 1.94. The number of nitrogens with zero attached hydrogens (tertiary/aromatic N) is 3. The number of aryl methyl sites for hydroxylation is 1. The average Bonchev–Trinajstić information content (AvgIpc) is 3.01. The summed E-state index contributed by atoms with van der Waals surface area (Å²) >= 11 is 0. The fraction of sp³-hybridized carbons (Fsp3) is 0.353. The van der Waals surface area contributed by atoms with Crippen LogP contribution in [0.2, 0.25) is 0 Å². The highest BCUT2D eigenvalue weighted by Gasteiger charge is 2.30. The summed E-state index contributed by atoms with van der Waals surface area (Å²) in [4.78, 5) is 25.0. The normalized spacial score (nSPS) is 17.7. The van der Waals surface area contributed by atoms with E-state index in [2.05, 4.69) is 0 Å². The Bertz CT molecular complexity index is 756. The number of ether oxygens (including phenoxy) is 1. The highest BCUT2D eigenvalue weighted by atomic mass is 16.6. The van der Waals surface area contributed by atoms with E-state index in [1.54, 1.807) is 17.0 Å². The van der Waals surface area contributed by atoms with Crippen LogP contribution in [0.15, 0.2) is 42.6 Å². The number of morpholine rings is 1. The van der Waals surface area contributed by atoms with Gasteiger partial charge in [-0.05, 0) is 17.7 Å². The van der Waals surface area contributed by atoms with Gasteiger partial charge in [0.2, 0.25) is 5.91 Å². The number of amides is 1. The van der Waals surface area contributed by atoms with Gasteiger partial charge in [0.25, 0.3) is 5.69 Å². The molecule has 2 aromatic rings. The van der Waals surface area contributed by atoms with Crippen LogP contribution in [0.1, 0.15) is 17.3 Å². The molecule has 7 heteroatoms. The van der Waals surface area contributed by atoms with Crippen LogP contribution in [0.4, 0.5) is 5.69 Å². The van der Waals surface area contributed by atoms with Crippen molar-refractivity contribution in [2.75, 3.05) is 19.8 Å². The molecule has 0 saturated carbocycles. The van der Waals surface area contributed by atoms with E-state index in [9.17, 15) is 14.9 Å². The van der Waals surface area contributed by atoms with Crippen molar-refractivity contribution in [3.8, 4) is 0 Å². The van der Waals surface area contributed by atoms with E-state index in [1.165, 1.54) is 12.1 Å². The SMILES string of the molecule is Cn1cccc1C1COCCN1C(=O)Cc1cccc([N+](=O)[O-])c1. The molecule has 1 fully saturated rings. The van der Waals surface area contributed by atoms with Gasteiger partial charge in [-0.15, -0.1) is 0 Å². The maximum Gasteiger partial charge on any atom is 0.269 e. The summed E-state index contributed by atoms with van der Waals surface area (Å²) in [6, 6.07) is 10.0. The Morgan fingerprint density at radius 1 is 1.38 bits per heavy atom. The number of carbonyl (C=O) groups is 1. The van der Waals surface area contributed by atoms with Crippen LogP contribution in [-0.4, -0.2) is 40.1 Å². The molecular formula is C17H19N3O4. The number of non-ortho nitro benzene ring substituents is 1. The van der Waals surface area contributed by atoms with Crippen LogP contribution in [0, 0.1) is 10.1 Å². The molecule has 1 amide bonds. The van der Waals surface area contributed by atoms with Gasteiger partial charge in [-0.25, -0.2) is 0 Å². The molecule has 0 radical (unpaired) electrons. The smallest absolute Gasteiger partial charge is 0.269 e. The first kappa shape index (κ1) is 16.2. The number of nitro benzene ring substituents is 1. The van der Waals surface area contributed by atoms with Crippen molar-refractivity contribution in [3.05, 3.63) is 64.0 Å². The van der Waals surface area contributed by atoms with E-state index in [-0.39, 0.29) is 24.1 Å². The Labute approximate surface area is 139 Å². The Hall–Kier alpha value is -2.67. The highest BCUT2D eigenvalue weighted by molar-refractivity contribution is 5.79. The second kappa shape index (κ2) is 6.84. The first-order valence-corrected chi connectivity index (χ1v) is 7.78. The lowest BCUT2D eigenvalue weighted by Crippen LogP contribution is -2.44. The summed E-state index contributed by atoms with van der Waals surface area (Å²) in [6.45, 7) is 1.48. The molecule has 7 nitrogen and oxygen atoms in total. The first-order chi connectivity index (χ1) is 11.6. The molecule has 1 aliphatic rings. The summed E-state index contributed by atoms with van der Waals surface area (Å²) in [5, 5.41) is 10.9. The van der Waals surface area contributed by atoms with Gasteiger partial charge in [0.1, 0.15) is 0 Å². The largest absolute Gasteiger partial charge is 0.377 e. The Balaban J connectivity index is 1.78. The molecule has 1 saturated heterocycles. The van der Waals surface area contributed by atoms with Gasteiger partial charge in [-0.1, -0.05) is 12.1 Å². The van der Waals surface area contributed by atoms with Crippen molar-refractivity contribution in [1.82, 2.24) is 9.47 Å². The lowest BCUT2D eigenvalue weighted by Gasteiger charge is -2.36. The van der Waals surface area contributed by atoms with Crippen LogP contribution in [-0.2, 0) is 23.0 Å². The van der Waals surface area contributed by atoms with Crippen LogP contribution < -0.4 is 0 Å². The second-order valence-electron chi connectivity index (χ2n) is 5.83. The topological polar surface area (TPSA) is 77.6 Å². The molecule has 2 heterocycles. The quantitative estimate of drug-likeness (QED) is 0.635. The first-order valence-electron chi connectivity index (χ1n) is 7.78. The van der Waals surface area contributed by atoms with Crippen molar-refractivity contribution in [2.45, 2.75) is 12.5 Å². The number of hydrogen-bond donors (Lipinski definition) is 0. The van der Waals surface area contributed by atoms with Crippen molar-refractivity contribution < 1.29 is 14.5 Å². The van der Waals surface area contributed by atoms with Gasteiger partial charge < -0.3 is 14.2 Å². The third-order valence-electron chi connectivity index (χ3n) is 4.25. The van der Waals surface area contributed by atoms with Crippen LogP contribution >= 0.6 is 0 Å².